The molecule has 0 aromatic carbocycles. The van der Waals surface area contributed by atoms with Crippen molar-refractivity contribution in [3.05, 3.63) is 41.8 Å². The molecule has 0 N–H and O–H groups in total. The largest absolute Gasteiger partial charge is 0.299 e. The molecule has 0 amide bonds. The van der Waals surface area contributed by atoms with Crippen LogP contribution in [-0.4, -0.2) is 21.3 Å². The molecule has 0 spiro atoms. The summed E-state index contributed by atoms with van der Waals surface area (Å²) in [5.74, 6) is 0. The fraction of sp³-hybridized carbons (Fsp3) is 0.250. The molecule has 4 nitrogen and oxygen atoms in total. The van der Waals surface area contributed by atoms with Crippen molar-refractivity contribution in [1.29, 1.82) is 0 Å². The van der Waals surface area contributed by atoms with Crippen LogP contribution in [0, 0.1) is 0 Å². The van der Waals surface area contributed by atoms with Gasteiger partial charge >= 0.3 is 0 Å². The molecule has 1 aliphatic carbocycles. The standard InChI is InChI=1S/C12H13N3O/c16-8-4-7-12-10-15(14-13-12)9-11-5-2-1-3-6-11/h2,4-8,10H,1,3,9H2/b7-4+. The molecule has 0 saturated carbocycles. The zero-order valence-electron chi connectivity index (χ0n) is 8.91. The quantitative estimate of drug-likeness (QED) is 0.568. The molecular formula is C12H13N3O. The van der Waals surface area contributed by atoms with E-state index in [0.717, 1.165) is 25.7 Å². The number of aromatic nitrogens is 3. The van der Waals surface area contributed by atoms with E-state index < -0.39 is 0 Å². The van der Waals surface area contributed by atoms with Gasteiger partial charge in [0.05, 0.1) is 12.7 Å². The Morgan fingerprint density at radius 3 is 3.12 bits per heavy atom. The molecule has 0 atom stereocenters. The topological polar surface area (TPSA) is 47.8 Å². The van der Waals surface area contributed by atoms with Crippen LogP contribution in [0.1, 0.15) is 18.5 Å². The maximum atomic E-state index is 10.1. The van der Waals surface area contributed by atoms with Gasteiger partial charge in [-0.1, -0.05) is 23.4 Å². The van der Waals surface area contributed by atoms with E-state index in [4.69, 9.17) is 0 Å². The third-order valence-corrected chi connectivity index (χ3v) is 2.32. The molecule has 2 rings (SSSR count). The Bertz CT molecular complexity index is 455. The first-order valence-corrected chi connectivity index (χ1v) is 5.26. The second-order valence-corrected chi connectivity index (χ2v) is 3.59. The highest BCUT2D eigenvalue weighted by atomic mass is 16.1. The summed E-state index contributed by atoms with van der Waals surface area (Å²) in [4.78, 5) is 10.1. The maximum Gasteiger partial charge on any atom is 0.142 e. The number of allylic oxidation sites excluding steroid dienone is 5. The summed E-state index contributed by atoms with van der Waals surface area (Å²) in [6, 6.07) is 0. The smallest absolute Gasteiger partial charge is 0.142 e. The summed E-state index contributed by atoms with van der Waals surface area (Å²) in [5, 5.41) is 7.92. The van der Waals surface area contributed by atoms with Crippen molar-refractivity contribution in [2.75, 3.05) is 0 Å². The summed E-state index contributed by atoms with van der Waals surface area (Å²) >= 11 is 0. The Morgan fingerprint density at radius 2 is 2.38 bits per heavy atom. The fourth-order valence-electron chi connectivity index (χ4n) is 1.58. The summed E-state index contributed by atoms with van der Waals surface area (Å²) in [6.07, 6.45) is 14.3. The number of hydrogen-bond acceptors (Lipinski definition) is 3. The monoisotopic (exact) mass is 215 g/mol. The minimum absolute atomic E-state index is 0.701. The van der Waals surface area contributed by atoms with E-state index in [1.165, 1.54) is 11.6 Å². The second-order valence-electron chi connectivity index (χ2n) is 3.59. The summed E-state index contributed by atoms with van der Waals surface area (Å²) < 4.78 is 1.77. The van der Waals surface area contributed by atoms with Crippen LogP contribution in [0.3, 0.4) is 0 Å². The van der Waals surface area contributed by atoms with Crippen LogP contribution < -0.4 is 0 Å². The lowest BCUT2D eigenvalue weighted by atomic mass is 10.1. The molecule has 4 heteroatoms. The van der Waals surface area contributed by atoms with Crippen LogP contribution in [0.15, 0.2) is 36.1 Å². The van der Waals surface area contributed by atoms with Crippen LogP contribution in [-0.2, 0) is 11.3 Å². The zero-order chi connectivity index (χ0) is 11.2. The molecule has 0 saturated heterocycles. The van der Waals surface area contributed by atoms with Gasteiger partial charge in [-0.15, -0.1) is 5.10 Å². The third-order valence-electron chi connectivity index (χ3n) is 2.32. The highest BCUT2D eigenvalue weighted by molar-refractivity contribution is 5.72. The van der Waals surface area contributed by atoms with E-state index in [1.807, 2.05) is 6.20 Å². The first kappa shape index (κ1) is 10.5. The maximum absolute atomic E-state index is 10.1. The predicted octanol–water partition coefficient (Wildman–Crippen LogP) is 1.77. The van der Waals surface area contributed by atoms with Gasteiger partial charge in [-0.2, -0.15) is 0 Å². The Kier molecular flexibility index (Phi) is 3.43. The van der Waals surface area contributed by atoms with E-state index in [1.54, 1.807) is 10.8 Å². The van der Waals surface area contributed by atoms with Gasteiger partial charge < -0.3 is 0 Å². The van der Waals surface area contributed by atoms with Crippen molar-refractivity contribution in [2.45, 2.75) is 19.4 Å². The zero-order valence-corrected chi connectivity index (χ0v) is 8.91. The van der Waals surface area contributed by atoms with Gasteiger partial charge in [0.15, 0.2) is 0 Å². The number of aldehydes is 1. The van der Waals surface area contributed by atoms with Gasteiger partial charge in [0.1, 0.15) is 12.0 Å². The number of nitrogens with zero attached hydrogens (tertiary/aromatic N) is 3. The van der Waals surface area contributed by atoms with E-state index >= 15 is 0 Å². The van der Waals surface area contributed by atoms with Gasteiger partial charge in [0, 0.05) is 0 Å². The number of carbonyl (C=O) groups is 1. The fourth-order valence-corrected chi connectivity index (χ4v) is 1.58. The highest BCUT2D eigenvalue weighted by Gasteiger charge is 2.01. The van der Waals surface area contributed by atoms with Crippen LogP contribution in [0.25, 0.3) is 6.08 Å². The van der Waals surface area contributed by atoms with Gasteiger partial charge in [-0.05, 0) is 30.6 Å². The van der Waals surface area contributed by atoms with E-state index in [-0.39, 0.29) is 0 Å². The summed E-state index contributed by atoms with van der Waals surface area (Å²) in [7, 11) is 0. The molecule has 82 valence electrons. The molecule has 0 unspecified atom stereocenters. The van der Waals surface area contributed by atoms with Gasteiger partial charge in [0.25, 0.3) is 0 Å². The third kappa shape index (κ3) is 2.76. The molecule has 0 radical (unpaired) electrons. The Balaban J connectivity index is 2.02. The lowest BCUT2D eigenvalue weighted by Crippen LogP contribution is -2.01. The Labute approximate surface area is 94.0 Å². The minimum atomic E-state index is 0.701. The SMILES string of the molecule is O=C/C=C/c1cn(CC2=CCCC=C2)nn1. The van der Waals surface area contributed by atoms with Crippen molar-refractivity contribution in [3.63, 3.8) is 0 Å². The first-order chi connectivity index (χ1) is 7.88. The van der Waals surface area contributed by atoms with Crippen molar-refractivity contribution in [1.82, 2.24) is 15.0 Å². The normalized spacial score (nSPS) is 15.4. The average Bonchev–Trinajstić information content (AvgIpc) is 2.75. The van der Waals surface area contributed by atoms with Gasteiger partial charge in [-0.3, -0.25) is 4.79 Å². The molecule has 1 aromatic rings. The first-order valence-electron chi connectivity index (χ1n) is 5.26. The van der Waals surface area contributed by atoms with Crippen LogP contribution >= 0.6 is 0 Å². The molecule has 0 bridgehead atoms. The number of rotatable bonds is 4. The predicted molar refractivity (Wildman–Crippen MR) is 61.6 cm³/mol. The Hall–Kier alpha value is -1.97. The van der Waals surface area contributed by atoms with Crippen molar-refractivity contribution >= 4 is 12.4 Å². The van der Waals surface area contributed by atoms with Gasteiger partial charge in [0.2, 0.25) is 0 Å². The molecule has 16 heavy (non-hydrogen) atoms. The minimum Gasteiger partial charge on any atom is -0.299 e. The lowest BCUT2D eigenvalue weighted by Gasteiger charge is -2.05. The van der Waals surface area contributed by atoms with E-state index in [0.29, 0.717) is 5.69 Å². The average molecular weight is 215 g/mol. The lowest BCUT2D eigenvalue weighted by molar-refractivity contribution is -0.104. The molecule has 0 aliphatic heterocycles. The van der Waals surface area contributed by atoms with Crippen molar-refractivity contribution in [3.8, 4) is 0 Å². The van der Waals surface area contributed by atoms with Crippen LogP contribution in [0.4, 0.5) is 0 Å². The summed E-state index contributed by atoms with van der Waals surface area (Å²) in [5.41, 5.74) is 1.95. The second kappa shape index (κ2) is 5.21. The highest BCUT2D eigenvalue weighted by Crippen LogP contribution is 2.11. The van der Waals surface area contributed by atoms with Gasteiger partial charge in [-0.25, -0.2) is 4.68 Å². The number of carbonyl (C=O) groups excluding carboxylic acids is 1. The molecule has 1 heterocycles. The van der Waals surface area contributed by atoms with E-state index in [2.05, 4.69) is 28.5 Å². The Morgan fingerprint density at radius 1 is 1.44 bits per heavy atom. The molecular weight excluding hydrogens is 202 g/mol. The molecule has 1 aliphatic rings. The molecule has 0 fully saturated rings. The van der Waals surface area contributed by atoms with Crippen molar-refractivity contribution in [2.24, 2.45) is 0 Å². The number of hydrogen-bond donors (Lipinski definition) is 0. The van der Waals surface area contributed by atoms with Crippen LogP contribution in [0.2, 0.25) is 0 Å². The summed E-state index contributed by atoms with van der Waals surface area (Å²) in [6.45, 7) is 0.735. The van der Waals surface area contributed by atoms with E-state index in [9.17, 15) is 4.79 Å². The van der Waals surface area contributed by atoms with Crippen LogP contribution in [0.5, 0.6) is 0 Å². The van der Waals surface area contributed by atoms with Crippen molar-refractivity contribution < 1.29 is 4.79 Å². The molecule has 1 aromatic heterocycles.